The van der Waals surface area contributed by atoms with Crippen molar-refractivity contribution in [2.24, 2.45) is 0 Å². The average molecular weight is 423 g/mol. The molecule has 3 rings (SSSR count). The van der Waals surface area contributed by atoms with E-state index in [1.165, 1.54) is 0 Å². The van der Waals surface area contributed by atoms with Crippen LogP contribution in [0.25, 0.3) is 0 Å². The van der Waals surface area contributed by atoms with E-state index in [-0.39, 0.29) is 11.8 Å². The molecule has 0 saturated carbocycles. The second-order valence-electron chi connectivity index (χ2n) is 6.08. The molecule has 0 aliphatic heterocycles. The highest BCUT2D eigenvalue weighted by Gasteiger charge is 2.08. The highest BCUT2D eigenvalue weighted by atomic mass is 79.9. The molecule has 0 fully saturated rings. The summed E-state index contributed by atoms with van der Waals surface area (Å²) < 4.78 is 0.842. The molecule has 3 aromatic rings. The van der Waals surface area contributed by atoms with Crippen molar-refractivity contribution >= 4 is 39.1 Å². The number of hydrogen-bond acceptors (Lipinski definition) is 2. The summed E-state index contributed by atoms with van der Waals surface area (Å²) in [6.07, 6.45) is 1.09. The van der Waals surface area contributed by atoms with Crippen LogP contribution >= 0.6 is 15.9 Å². The van der Waals surface area contributed by atoms with Gasteiger partial charge in [-0.15, -0.1) is 0 Å². The van der Waals surface area contributed by atoms with Crippen LogP contribution in [0.2, 0.25) is 0 Å². The number of nitrogens with one attached hydrogen (secondary N) is 2. The molecule has 0 aliphatic rings. The summed E-state index contributed by atoms with van der Waals surface area (Å²) in [6, 6.07) is 24.2. The number of carbonyl (C=O) groups excluding carboxylic acids is 2. The highest BCUT2D eigenvalue weighted by Crippen LogP contribution is 2.18. The van der Waals surface area contributed by atoms with Gasteiger partial charge in [0.1, 0.15) is 0 Å². The van der Waals surface area contributed by atoms with E-state index < -0.39 is 0 Å². The van der Waals surface area contributed by atoms with Gasteiger partial charge in [0.15, 0.2) is 0 Å². The molecule has 5 heteroatoms. The van der Waals surface area contributed by atoms with Crippen molar-refractivity contribution in [1.29, 1.82) is 0 Å². The smallest absolute Gasteiger partial charge is 0.255 e. The third-order valence-electron chi connectivity index (χ3n) is 3.97. The molecular weight excluding hydrogens is 404 g/mol. The molecular formula is C22H19BrN2O2. The van der Waals surface area contributed by atoms with Gasteiger partial charge in [-0.05, 0) is 48.4 Å². The zero-order valence-electron chi connectivity index (χ0n) is 14.6. The molecule has 27 heavy (non-hydrogen) atoms. The van der Waals surface area contributed by atoms with Crippen molar-refractivity contribution in [1.82, 2.24) is 0 Å². The van der Waals surface area contributed by atoms with Gasteiger partial charge < -0.3 is 10.6 Å². The summed E-state index contributed by atoms with van der Waals surface area (Å²) in [5, 5.41) is 5.72. The molecule has 0 spiro atoms. The Balaban J connectivity index is 1.58. The minimum Gasteiger partial charge on any atom is -0.326 e. The Hall–Kier alpha value is -2.92. The number of hydrogen-bond donors (Lipinski definition) is 2. The van der Waals surface area contributed by atoms with E-state index in [0.29, 0.717) is 29.8 Å². The number of carbonyl (C=O) groups is 2. The fraction of sp³-hybridized carbons (Fsp3) is 0.0909. The number of aryl methyl sites for hydroxylation is 1. The Morgan fingerprint density at radius 2 is 1.48 bits per heavy atom. The maximum absolute atomic E-state index is 12.3. The number of anilines is 2. The highest BCUT2D eigenvalue weighted by molar-refractivity contribution is 9.10. The van der Waals surface area contributed by atoms with Gasteiger partial charge in [-0.1, -0.05) is 58.4 Å². The van der Waals surface area contributed by atoms with Crippen LogP contribution in [0.3, 0.4) is 0 Å². The minimum absolute atomic E-state index is 0.0608. The molecule has 0 bridgehead atoms. The molecule has 136 valence electrons. The number of halogens is 1. The first-order valence-corrected chi connectivity index (χ1v) is 9.40. The van der Waals surface area contributed by atoms with E-state index in [2.05, 4.69) is 26.6 Å². The van der Waals surface area contributed by atoms with Crippen LogP contribution in [0.4, 0.5) is 11.4 Å². The zero-order valence-corrected chi connectivity index (χ0v) is 16.2. The fourth-order valence-corrected chi connectivity index (χ4v) is 3.03. The SMILES string of the molecule is O=C(CCc1ccccc1)Nc1cccc(NC(=O)c2cccc(Br)c2)c1. The van der Waals surface area contributed by atoms with E-state index in [1.54, 1.807) is 36.4 Å². The number of benzene rings is 3. The molecule has 2 N–H and O–H groups in total. The molecule has 4 nitrogen and oxygen atoms in total. The van der Waals surface area contributed by atoms with Crippen molar-refractivity contribution < 1.29 is 9.59 Å². The zero-order chi connectivity index (χ0) is 19.1. The molecule has 2 amide bonds. The lowest BCUT2D eigenvalue weighted by molar-refractivity contribution is -0.116. The minimum atomic E-state index is -0.205. The van der Waals surface area contributed by atoms with Crippen LogP contribution in [0.5, 0.6) is 0 Å². The van der Waals surface area contributed by atoms with Crippen LogP contribution < -0.4 is 10.6 Å². The molecule has 3 aromatic carbocycles. The van der Waals surface area contributed by atoms with Crippen LogP contribution in [0.1, 0.15) is 22.3 Å². The van der Waals surface area contributed by atoms with Gasteiger partial charge in [-0.2, -0.15) is 0 Å². The van der Waals surface area contributed by atoms with Gasteiger partial charge in [-0.3, -0.25) is 9.59 Å². The monoisotopic (exact) mass is 422 g/mol. The second kappa shape index (κ2) is 9.14. The third kappa shape index (κ3) is 5.79. The predicted molar refractivity (Wildman–Crippen MR) is 112 cm³/mol. The second-order valence-corrected chi connectivity index (χ2v) is 6.99. The van der Waals surface area contributed by atoms with Crippen molar-refractivity contribution in [2.75, 3.05) is 10.6 Å². The van der Waals surface area contributed by atoms with Crippen LogP contribution in [-0.2, 0) is 11.2 Å². The quantitative estimate of drug-likeness (QED) is 0.567. The van der Waals surface area contributed by atoms with E-state index in [4.69, 9.17) is 0 Å². The van der Waals surface area contributed by atoms with Crippen LogP contribution in [0.15, 0.2) is 83.3 Å². The van der Waals surface area contributed by atoms with Crippen molar-refractivity contribution in [3.05, 3.63) is 94.5 Å². The maximum Gasteiger partial charge on any atom is 0.255 e. The van der Waals surface area contributed by atoms with Crippen molar-refractivity contribution in [2.45, 2.75) is 12.8 Å². The number of amides is 2. The molecule has 0 aromatic heterocycles. The van der Waals surface area contributed by atoms with Gasteiger partial charge in [0.05, 0.1) is 0 Å². The van der Waals surface area contributed by atoms with Gasteiger partial charge in [0.2, 0.25) is 5.91 Å². The summed E-state index contributed by atoms with van der Waals surface area (Å²) >= 11 is 3.36. The summed E-state index contributed by atoms with van der Waals surface area (Å²) in [5.41, 5.74) is 2.96. The number of rotatable bonds is 6. The van der Waals surface area contributed by atoms with Gasteiger partial charge in [0, 0.05) is 27.8 Å². The van der Waals surface area contributed by atoms with E-state index in [9.17, 15) is 9.59 Å². The summed E-state index contributed by atoms with van der Waals surface area (Å²) in [4.78, 5) is 24.5. The first kappa shape index (κ1) is 18.9. The lowest BCUT2D eigenvalue weighted by Crippen LogP contribution is -2.14. The van der Waals surface area contributed by atoms with Crippen LogP contribution in [-0.4, -0.2) is 11.8 Å². The topological polar surface area (TPSA) is 58.2 Å². The lowest BCUT2D eigenvalue weighted by Gasteiger charge is -2.09. The Kier molecular flexibility index (Phi) is 6.39. The first-order valence-electron chi connectivity index (χ1n) is 8.61. The van der Waals surface area contributed by atoms with Crippen molar-refractivity contribution in [3.63, 3.8) is 0 Å². The Morgan fingerprint density at radius 3 is 2.22 bits per heavy atom. The largest absolute Gasteiger partial charge is 0.326 e. The summed E-state index contributed by atoms with van der Waals surface area (Å²) in [6.45, 7) is 0. The van der Waals surface area contributed by atoms with Crippen LogP contribution in [0, 0.1) is 0 Å². The van der Waals surface area contributed by atoms with E-state index in [0.717, 1.165) is 10.0 Å². The Morgan fingerprint density at radius 1 is 0.778 bits per heavy atom. The van der Waals surface area contributed by atoms with Gasteiger partial charge in [-0.25, -0.2) is 0 Å². The molecule has 0 atom stereocenters. The molecule has 0 heterocycles. The summed E-state index contributed by atoms with van der Waals surface area (Å²) in [5.74, 6) is -0.266. The van der Waals surface area contributed by atoms with Gasteiger partial charge >= 0.3 is 0 Å². The van der Waals surface area contributed by atoms with E-state index >= 15 is 0 Å². The average Bonchev–Trinajstić information content (AvgIpc) is 2.67. The fourth-order valence-electron chi connectivity index (χ4n) is 2.63. The van der Waals surface area contributed by atoms with E-state index in [1.807, 2.05) is 42.5 Å². The van der Waals surface area contributed by atoms with Crippen molar-refractivity contribution in [3.8, 4) is 0 Å². The molecule has 0 unspecified atom stereocenters. The predicted octanol–water partition coefficient (Wildman–Crippen LogP) is 5.27. The lowest BCUT2D eigenvalue weighted by atomic mass is 10.1. The van der Waals surface area contributed by atoms with Gasteiger partial charge in [0.25, 0.3) is 5.91 Å². The first-order chi connectivity index (χ1) is 13.1. The summed E-state index contributed by atoms with van der Waals surface area (Å²) in [7, 11) is 0. The molecule has 0 saturated heterocycles. The third-order valence-corrected chi connectivity index (χ3v) is 4.47. The molecule has 0 radical (unpaired) electrons. The standard InChI is InChI=1S/C22H19BrN2O2/c23-18-9-4-8-17(14-18)22(27)25-20-11-5-10-19(15-20)24-21(26)13-12-16-6-2-1-3-7-16/h1-11,14-15H,12-13H2,(H,24,26)(H,25,27). The maximum atomic E-state index is 12.3. The Labute approximate surface area is 166 Å². The normalized spacial score (nSPS) is 10.3. The molecule has 0 aliphatic carbocycles. The Bertz CT molecular complexity index is 942.